The Hall–Kier alpha value is -2.09. The number of nitrogens with zero attached hydrogens (tertiary/aromatic N) is 3. The van der Waals surface area contributed by atoms with Crippen molar-refractivity contribution in [3.05, 3.63) is 66.7 Å². The maximum absolute atomic E-state index is 4.48. The summed E-state index contributed by atoms with van der Waals surface area (Å²) in [5.74, 6) is 0.784. The van der Waals surface area contributed by atoms with Gasteiger partial charge in [0.2, 0.25) is 0 Å². The molecule has 0 aliphatic rings. The first-order valence-corrected chi connectivity index (χ1v) is 7.75. The van der Waals surface area contributed by atoms with Crippen molar-refractivity contribution >= 4 is 40.7 Å². The molecule has 2 N–H and O–H groups in total. The van der Waals surface area contributed by atoms with Gasteiger partial charge in [0, 0.05) is 44.1 Å². The number of halogens is 1. The van der Waals surface area contributed by atoms with Crippen LogP contribution < -0.4 is 10.6 Å². The molecule has 0 saturated carbocycles. The van der Waals surface area contributed by atoms with Crippen LogP contribution in [-0.2, 0) is 13.1 Å². The van der Waals surface area contributed by atoms with Crippen molar-refractivity contribution in [3.63, 3.8) is 0 Å². The summed E-state index contributed by atoms with van der Waals surface area (Å²) in [6, 6.07) is 14.4. The largest absolute Gasteiger partial charge is 0.355 e. The van der Waals surface area contributed by atoms with Gasteiger partial charge in [-0.1, -0.05) is 24.3 Å². The number of pyridine rings is 1. The lowest BCUT2D eigenvalue weighted by Gasteiger charge is -2.13. The topological polar surface area (TPSA) is 54.2 Å². The minimum absolute atomic E-state index is 0. The molecule has 0 amide bonds. The van der Waals surface area contributed by atoms with Gasteiger partial charge in [0.25, 0.3) is 0 Å². The molecule has 0 aliphatic carbocycles. The lowest BCUT2D eigenvalue weighted by Crippen LogP contribution is -2.38. The number of fused-ring (bicyclic) bond motifs is 1. The van der Waals surface area contributed by atoms with Crippen LogP contribution in [0, 0.1) is 0 Å². The van der Waals surface area contributed by atoms with E-state index in [-0.39, 0.29) is 24.0 Å². The van der Waals surface area contributed by atoms with Gasteiger partial charge in [-0.25, -0.2) is 0 Å². The van der Waals surface area contributed by atoms with Crippen LogP contribution in [0.3, 0.4) is 0 Å². The van der Waals surface area contributed by atoms with E-state index < -0.39 is 0 Å². The SMILES string of the molecule is CN=C(NCCn1cccc1)NCc1nccc2ccccc12.I. The molecule has 6 heteroatoms. The van der Waals surface area contributed by atoms with E-state index in [0.29, 0.717) is 6.54 Å². The predicted molar refractivity (Wildman–Crippen MR) is 110 cm³/mol. The van der Waals surface area contributed by atoms with E-state index in [9.17, 15) is 0 Å². The molecule has 24 heavy (non-hydrogen) atoms. The van der Waals surface area contributed by atoms with E-state index >= 15 is 0 Å². The second-order valence-corrected chi connectivity index (χ2v) is 5.25. The molecule has 2 heterocycles. The lowest BCUT2D eigenvalue weighted by molar-refractivity contribution is 0.664. The first kappa shape index (κ1) is 18.3. The van der Waals surface area contributed by atoms with Crippen molar-refractivity contribution in [2.45, 2.75) is 13.1 Å². The van der Waals surface area contributed by atoms with Crippen LogP contribution in [0.25, 0.3) is 10.8 Å². The number of rotatable bonds is 5. The smallest absolute Gasteiger partial charge is 0.191 e. The number of hydrogen-bond acceptors (Lipinski definition) is 2. The van der Waals surface area contributed by atoms with E-state index in [1.165, 1.54) is 10.8 Å². The molecule has 0 fully saturated rings. The van der Waals surface area contributed by atoms with Crippen LogP contribution in [0.4, 0.5) is 0 Å². The molecule has 0 atom stereocenters. The quantitative estimate of drug-likeness (QED) is 0.368. The standard InChI is InChI=1S/C18H21N5.HI/c1-19-18(21-10-13-23-11-4-5-12-23)22-14-17-16-7-3-2-6-15(16)8-9-20-17;/h2-9,11-12H,10,13-14H2,1H3,(H2,19,21,22);1H. The molecule has 1 aromatic carbocycles. The average Bonchev–Trinajstić information content (AvgIpc) is 3.11. The zero-order chi connectivity index (χ0) is 15.9. The lowest BCUT2D eigenvalue weighted by atomic mass is 10.1. The van der Waals surface area contributed by atoms with Gasteiger partial charge in [-0.15, -0.1) is 24.0 Å². The molecule has 0 unspecified atom stereocenters. The van der Waals surface area contributed by atoms with Crippen LogP contribution in [-0.4, -0.2) is 29.1 Å². The Labute approximate surface area is 159 Å². The van der Waals surface area contributed by atoms with Crippen molar-refractivity contribution in [2.75, 3.05) is 13.6 Å². The summed E-state index contributed by atoms with van der Waals surface area (Å²) < 4.78 is 2.13. The maximum Gasteiger partial charge on any atom is 0.191 e. The monoisotopic (exact) mass is 435 g/mol. The molecular weight excluding hydrogens is 413 g/mol. The van der Waals surface area contributed by atoms with Crippen LogP contribution >= 0.6 is 24.0 Å². The molecule has 0 bridgehead atoms. The molecule has 0 radical (unpaired) electrons. The second-order valence-electron chi connectivity index (χ2n) is 5.25. The molecule has 0 aliphatic heterocycles. The summed E-state index contributed by atoms with van der Waals surface area (Å²) in [5, 5.41) is 9.02. The Balaban J connectivity index is 0.00000208. The highest BCUT2D eigenvalue weighted by Crippen LogP contribution is 2.15. The zero-order valence-electron chi connectivity index (χ0n) is 13.6. The van der Waals surface area contributed by atoms with Gasteiger partial charge in [-0.05, 0) is 23.6 Å². The fourth-order valence-electron chi connectivity index (χ4n) is 2.53. The Morgan fingerprint density at radius 3 is 2.67 bits per heavy atom. The number of hydrogen-bond donors (Lipinski definition) is 2. The van der Waals surface area contributed by atoms with Crippen molar-refractivity contribution in [2.24, 2.45) is 4.99 Å². The van der Waals surface area contributed by atoms with Gasteiger partial charge < -0.3 is 15.2 Å². The van der Waals surface area contributed by atoms with Gasteiger partial charge in [0.15, 0.2) is 5.96 Å². The first-order chi connectivity index (χ1) is 11.4. The summed E-state index contributed by atoms with van der Waals surface area (Å²) in [7, 11) is 1.78. The van der Waals surface area contributed by atoms with E-state index in [1.807, 2.05) is 36.5 Å². The van der Waals surface area contributed by atoms with Crippen molar-refractivity contribution in [3.8, 4) is 0 Å². The molecule has 3 aromatic rings. The molecule has 0 saturated heterocycles. The third-order valence-corrected chi connectivity index (χ3v) is 3.73. The summed E-state index contributed by atoms with van der Waals surface area (Å²) in [6.07, 6.45) is 5.96. The normalized spacial score (nSPS) is 11.1. The van der Waals surface area contributed by atoms with Crippen molar-refractivity contribution in [1.82, 2.24) is 20.2 Å². The minimum atomic E-state index is 0. The van der Waals surface area contributed by atoms with Gasteiger partial charge in [-0.3, -0.25) is 9.98 Å². The number of benzene rings is 1. The predicted octanol–water partition coefficient (Wildman–Crippen LogP) is 3.02. The van der Waals surface area contributed by atoms with Gasteiger partial charge in [-0.2, -0.15) is 0 Å². The third-order valence-electron chi connectivity index (χ3n) is 3.73. The fraction of sp³-hybridized carbons (Fsp3) is 0.222. The highest BCUT2D eigenvalue weighted by Gasteiger charge is 2.03. The van der Waals surface area contributed by atoms with Crippen LogP contribution in [0.1, 0.15) is 5.69 Å². The van der Waals surface area contributed by atoms with Crippen molar-refractivity contribution < 1.29 is 0 Å². The fourth-order valence-corrected chi connectivity index (χ4v) is 2.53. The zero-order valence-corrected chi connectivity index (χ0v) is 16.0. The highest BCUT2D eigenvalue weighted by molar-refractivity contribution is 14.0. The maximum atomic E-state index is 4.48. The van der Waals surface area contributed by atoms with Gasteiger partial charge in [0.05, 0.1) is 12.2 Å². The minimum Gasteiger partial charge on any atom is -0.355 e. The third kappa shape index (κ3) is 4.70. The second kappa shape index (κ2) is 9.27. The Morgan fingerprint density at radius 1 is 1.08 bits per heavy atom. The number of aliphatic imine (C=N–C) groups is 1. The number of nitrogens with one attached hydrogen (secondary N) is 2. The van der Waals surface area contributed by atoms with Crippen molar-refractivity contribution in [1.29, 1.82) is 0 Å². The number of guanidine groups is 1. The van der Waals surface area contributed by atoms with E-state index in [4.69, 9.17) is 0 Å². The van der Waals surface area contributed by atoms with Crippen LogP contribution in [0.5, 0.6) is 0 Å². The molecule has 3 rings (SSSR count). The first-order valence-electron chi connectivity index (χ1n) is 7.75. The number of aromatic nitrogens is 2. The Bertz CT molecular complexity index is 778. The summed E-state index contributed by atoms with van der Waals surface area (Å²) >= 11 is 0. The van der Waals surface area contributed by atoms with E-state index in [0.717, 1.165) is 24.7 Å². The summed E-state index contributed by atoms with van der Waals surface area (Å²) in [6.45, 7) is 2.36. The molecular formula is C18H22IN5. The Morgan fingerprint density at radius 2 is 1.88 bits per heavy atom. The molecule has 0 spiro atoms. The summed E-state index contributed by atoms with van der Waals surface area (Å²) in [5.41, 5.74) is 1.02. The Kier molecular flexibility index (Phi) is 7.05. The molecule has 126 valence electrons. The highest BCUT2D eigenvalue weighted by atomic mass is 127. The summed E-state index contributed by atoms with van der Waals surface area (Å²) in [4.78, 5) is 8.74. The molecule has 5 nitrogen and oxygen atoms in total. The molecule has 2 aromatic heterocycles. The average molecular weight is 435 g/mol. The van der Waals surface area contributed by atoms with Gasteiger partial charge >= 0.3 is 0 Å². The van der Waals surface area contributed by atoms with Gasteiger partial charge in [0.1, 0.15) is 0 Å². The van der Waals surface area contributed by atoms with Crippen LogP contribution in [0.2, 0.25) is 0 Å². The van der Waals surface area contributed by atoms with E-state index in [2.05, 4.69) is 49.7 Å². The van der Waals surface area contributed by atoms with Crippen LogP contribution in [0.15, 0.2) is 66.0 Å². The van der Waals surface area contributed by atoms with E-state index in [1.54, 1.807) is 7.05 Å².